The van der Waals surface area contributed by atoms with Crippen LogP contribution in [0.15, 0.2) is 48.5 Å². The standard InChI is InChI=1S/C21H24ClNO3/c1-5-26-19-14-16(13-18(22)21(19)25-4)11-12-20(24)23(3)15(2)17-9-7-6-8-10-17/h6-15H,5H2,1-4H3. The molecule has 2 rings (SSSR count). The highest BCUT2D eigenvalue weighted by atomic mass is 35.5. The molecule has 0 spiro atoms. The van der Waals surface area contributed by atoms with Gasteiger partial charge in [-0.1, -0.05) is 41.9 Å². The van der Waals surface area contributed by atoms with Gasteiger partial charge in [0.25, 0.3) is 0 Å². The molecule has 0 aliphatic heterocycles. The summed E-state index contributed by atoms with van der Waals surface area (Å²) in [5, 5.41) is 0.441. The molecule has 4 nitrogen and oxygen atoms in total. The van der Waals surface area contributed by atoms with Crippen LogP contribution in [0.4, 0.5) is 0 Å². The molecule has 0 radical (unpaired) electrons. The fraction of sp³-hybridized carbons (Fsp3) is 0.286. The fourth-order valence-corrected chi connectivity index (χ4v) is 2.87. The van der Waals surface area contributed by atoms with Crippen LogP contribution < -0.4 is 9.47 Å². The number of hydrogen-bond donors (Lipinski definition) is 0. The molecule has 5 heteroatoms. The number of ether oxygens (including phenoxy) is 2. The Hall–Kier alpha value is -2.46. The number of hydrogen-bond acceptors (Lipinski definition) is 3. The summed E-state index contributed by atoms with van der Waals surface area (Å²) in [5.41, 5.74) is 1.86. The average molecular weight is 374 g/mol. The quantitative estimate of drug-likeness (QED) is 0.642. The van der Waals surface area contributed by atoms with Crippen molar-refractivity contribution in [3.63, 3.8) is 0 Å². The molecule has 1 unspecified atom stereocenters. The third kappa shape index (κ3) is 4.79. The van der Waals surface area contributed by atoms with Crippen molar-refractivity contribution in [1.29, 1.82) is 0 Å². The largest absolute Gasteiger partial charge is 0.491 e. The Morgan fingerprint density at radius 3 is 2.58 bits per heavy atom. The first-order valence-electron chi connectivity index (χ1n) is 8.48. The van der Waals surface area contributed by atoms with E-state index in [1.807, 2.05) is 44.2 Å². The maximum absolute atomic E-state index is 12.5. The number of nitrogens with zero attached hydrogens (tertiary/aromatic N) is 1. The second kappa shape index (κ2) is 9.30. The Morgan fingerprint density at radius 2 is 1.96 bits per heavy atom. The van der Waals surface area contributed by atoms with E-state index in [1.165, 1.54) is 6.08 Å². The Kier molecular flexibility index (Phi) is 7.10. The van der Waals surface area contributed by atoms with Crippen LogP contribution in [0.25, 0.3) is 6.08 Å². The maximum atomic E-state index is 12.5. The van der Waals surface area contributed by atoms with Crippen molar-refractivity contribution in [2.75, 3.05) is 20.8 Å². The Morgan fingerprint density at radius 1 is 1.27 bits per heavy atom. The smallest absolute Gasteiger partial charge is 0.246 e. The van der Waals surface area contributed by atoms with Gasteiger partial charge in [-0.3, -0.25) is 4.79 Å². The second-order valence-corrected chi connectivity index (χ2v) is 6.24. The van der Waals surface area contributed by atoms with Crippen molar-refractivity contribution in [1.82, 2.24) is 4.90 Å². The van der Waals surface area contributed by atoms with Crippen LogP contribution in [-0.4, -0.2) is 31.6 Å². The Bertz CT molecular complexity index is 774. The number of carbonyl (C=O) groups excluding carboxylic acids is 1. The van der Waals surface area contributed by atoms with Crippen LogP contribution in [0.5, 0.6) is 11.5 Å². The van der Waals surface area contributed by atoms with E-state index < -0.39 is 0 Å². The van der Waals surface area contributed by atoms with Gasteiger partial charge in [0.05, 0.1) is 24.8 Å². The van der Waals surface area contributed by atoms with Gasteiger partial charge < -0.3 is 14.4 Å². The molecule has 26 heavy (non-hydrogen) atoms. The number of likely N-dealkylation sites (N-methyl/N-ethyl adjacent to an activating group) is 1. The van der Waals surface area contributed by atoms with Crippen LogP contribution in [0, 0.1) is 0 Å². The number of methoxy groups -OCH3 is 1. The number of benzene rings is 2. The Labute approximate surface area is 160 Å². The van der Waals surface area contributed by atoms with Crippen LogP contribution in [0.3, 0.4) is 0 Å². The van der Waals surface area contributed by atoms with E-state index in [2.05, 4.69) is 0 Å². The lowest BCUT2D eigenvalue weighted by Crippen LogP contribution is -2.27. The van der Waals surface area contributed by atoms with Crippen molar-refractivity contribution in [2.45, 2.75) is 19.9 Å². The molecule has 0 aliphatic rings. The minimum absolute atomic E-state index is 0.0215. The van der Waals surface area contributed by atoms with Gasteiger partial charge in [-0.2, -0.15) is 0 Å². The first kappa shape index (κ1) is 19.9. The van der Waals surface area contributed by atoms with E-state index in [4.69, 9.17) is 21.1 Å². The molecule has 0 N–H and O–H groups in total. The molecule has 138 valence electrons. The molecule has 0 fully saturated rings. The molecule has 1 atom stereocenters. The lowest BCUT2D eigenvalue weighted by molar-refractivity contribution is -0.126. The molecular formula is C21H24ClNO3. The van der Waals surface area contributed by atoms with Crippen molar-refractivity contribution >= 4 is 23.6 Å². The van der Waals surface area contributed by atoms with E-state index >= 15 is 0 Å². The van der Waals surface area contributed by atoms with Gasteiger partial charge >= 0.3 is 0 Å². The molecule has 0 heterocycles. The van der Waals surface area contributed by atoms with E-state index in [0.717, 1.165) is 11.1 Å². The number of amides is 1. The van der Waals surface area contributed by atoms with E-state index in [9.17, 15) is 4.79 Å². The topological polar surface area (TPSA) is 38.8 Å². The van der Waals surface area contributed by atoms with Crippen LogP contribution in [0.2, 0.25) is 5.02 Å². The van der Waals surface area contributed by atoms with Gasteiger partial charge in [0, 0.05) is 13.1 Å². The molecule has 0 saturated carbocycles. The minimum Gasteiger partial charge on any atom is -0.491 e. The van der Waals surface area contributed by atoms with Gasteiger partial charge in [0.15, 0.2) is 11.5 Å². The molecule has 2 aromatic carbocycles. The number of carbonyl (C=O) groups is 1. The maximum Gasteiger partial charge on any atom is 0.246 e. The number of rotatable bonds is 7. The highest BCUT2D eigenvalue weighted by Gasteiger charge is 2.15. The van der Waals surface area contributed by atoms with E-state index in [0.29, 0.717) is 23.1 Å². The Balaban J connectivity index is 2.17. The predicted molar refractivity (Wildman–Crippen MR) is 106 cm³/mol. The minimum atomic E-state index is -0.0914. The van der Waals surface area contributed by atoms with Gasteiger partial charge in [0.1, 0.15) is 0 Å². The van der Waals surface area contributed by atoms with Crippen LogP contribution in [0.1, 0.15) is 31.0 Å². The molecule has 1 amide bonds. The van der Waals surface area contributed by atoms with Crippen LogP contribution in [-0.2, 0) is 4.79 Å². The number of halogens is 1. The first-order valence-corrected chi connectivity index (χ1v) is 8.85. The van der Waals surface area contributed by atoms with Gasteiger partial charge in [-0.25, -0.2) is 0 Å². The molecule has 0 aromatic heterocycles. The lowest BCUT2D eigenvalue weighted by atomic mass is 10.1. The van der Waals surface area contributed by atoms with Gasteiger partial charge in [0.2, 0.25) is 5.91 Å². The summed E-state index contributed by atoms with van der Waals surface area (Å²) in [4.78, 5) is 14.2. The first-order chi connectivity index (χ1) is 12.5. The second-order valence-electron chi connectivity index (χ2n) is 5.84. The molecule has 0 saturated heterocycles. The van der Waals surface area contributed by atoms with E-state index in [-0.39, 0.29) is 11.9 Å². The van der Waals surface area contributed by atoms with Crippen LogP contribution >= 0.6 is 11.6 Å². The lowest BCUT2D eigenvalue weighted by Gasteiger charge is -2.24. The molecule has 2 aromatic rings. The molecule has 0 bridgehead atoms. The third-order valence-electron chi connectivity index (χ3n) is 4.16. The van der Waals surface area contributed by atoms with Crippen molar-refractivity contribution in [3.05, 3.63) is 64.7 Å². The third-order valence-corrected chi connectivity index (χ3v) is 4.45. The summed E-state index contributed by atoms with van der Waals surface area (Å²) in [5.74, 6) is 0.957. The average Bonchev–Trinajstić information content (AvgIpc) is 2.65. The highest BCUT2D eigenvalue weighted by molar-refractivity contribution is 6.32. The predicted octanol–water partition coefficient (Wildman–Crippen LogP) is 4.98. The van der Waals surface area contributed by atoms with Crippen molar-refractivity contribution in [3.8, 4) is 11.5 Å². The van der Waals surface area contributed by atoms with Gasteiger partial charge in [-0.15, -0.1) is 0 Å². The SMILES string of the molecule is CCOc1cc(C=CC(=O)N(C)C(C)c2ccccc2)cc(Cl)c1OC. The zero-order valence-corrected chi connectivity index (χ0v) is 16.3. The normalized spacial score (nSPS) is 12.0. The molecule has 0 aliphatic carbocycles. The summed E-state index contributed by atoms with van der Waals surface area (Å²) < 4.78 is 10.8. The van der Waals surface area contributed by atoms with Crippen molar-refractivity contribution in [2.24, 2.45) is 0 Å². The zero-order chi connectivity index (χ0) is 19.1. The zero-order valence-electron chi connectivity index (χ0n) is 15.5. The van der Waals surface area contributed by atoms with Gasteiger partial charge in [-0.05, 0) is 43.2 Å². The highest BCUT2D eigenvalue weighted by Crippen LogP contribution is 2.36. The molecular weight excluding hydrogens is 350 g/mol. The summed E-state index contributed by atoms with van der Waals surface area (Å²) in [6, 6.07) is 13.4. The summed E-state index contributed by atoms with van der Waals surface area (Å²) in [6.45, 7) is 4.38. The fourth-order valence-electron chi connectivity index (χ4n) is 2.58. The van der Waals surface area contributed by atoms with E-state index in [1.54, 1.807) is 37.3 Å². The summed E-state index contributed by atoms with van der Waals surface area (Å²) in [7, 11) is 3.33. The summed E-state index contributed by atoms with van der Waals surface area (Å²) >= 11 is 6.24. The summed E-state index contributed by atoms with van der Waals surface area (Å²) in [6.07, 6.45) is 3.26. The monoisotopic (exact) mass is 373 g/mol. The van der Waals surface area contributed by atoms with Crippen molar-refractivity contribution < 1.29 is 14.3 Å².